The van der Waals surface area contributed by atoms with Gasteiger partial charge >= 0.3 is 0 Å². The molecule has 1 heterocycles. The van der Waals surface area contributed by atoms with E-state index >= 15 is 0 Å². The first-order valence-corrected chi connectivity index (χ1v) is 7.02. The minimum atomic E-state index is -3.56. The van der Waals surface area contributed by atoms with Gasteiger partial charge in [0.25, 0.3) is 5.95 Å². The molecule has 0 bridgehead atoms. The predicted molar refractivity (Wildman–Crippen MR) is 69.1 cm³/mol. The molecule has 0 saturated heterocycles. The number of benzene rings is 1. The molecule has 102 valence electrons. The summed E-state index contributed by atoms with van der Waals surface area (Å²) in [6.45, 7) is -0.0436. The fourth-order valence-corrected chi connectivity index (χ4v) is 2.33. The van der Waals surface area contributed by atoms with Crippen molar-refractivity contribution in [2.24, 2.45) is 0 Å². The second kappa shape index (κ2) is 5.37. The summed E-state index contributed by atoms with van der Waals surface area (Å²) in [4.78, 5) is 5.89. The summed E-state index contributed by atoms with van der Waals surface area (Å²) in [5.41, 5.74) is 0. The molecule has 0 aliphatic carbocycles. The van der Waals surface area contributed by atoms with Crippen LogP contribution < -0.4 is 9.62 Å². The van der Waals surface area contributed by atoms with E-state index in [2.05, 4.69) is 14.9 Å². The monoisotopic (exact) mass is 282 g/mol. The van der Waals surface area contributed by atoms with Crippen LogP contribution in [0.1, 0.15) is 5.89 Å². The average Bonchev–Trinajstić information content (AvgIpc) is 2.87. The first kappa shape index (κ1) is 13.5. The Kier molecular flexibility index (Phi) is 3.82. The van der Waals surface area contributed by atoms with E-state index in [9.17, 15) is 8.42 Å². The van der Waals surface area contributed by atoms with Crippen molar-refractivity contribution >= 4 is 16.0 Å². The van der Waals surface area contributed by atoms with Crippen LogP contribution in [0.2, 0.25) is 0 Å². The lowest BCUT2D eigenvalue weighted by Gasteiger charge is -2.04. The van der Waals surface area contributed by atoms with E-state index in [0.29, 0.717) is 5.95 Å². The van der Waals surface area contributed by atoms with Crippen LogP contribution in [0, 0.1) is 0 Å². The molecule has 19 heavy (non-hydrogen) atoms. The van der Waals surface area contributed by atoms with Crippen molar-refractivity contribution in [3.8, 4) is 0 Å². The highest BCUT2D eigenvalue weighted by Gasteiger charge is 2.15. The largest absolute Gasteiger partial charge is 0.344 e. The third-order valence-electron chi connectivity index (χ3n) is 2.32. The van der Waals surface area contributed by atoms with Crippen LogP contribution in [-0.2, 0) is 16.6 Å². The minimum Gasteiger partial charge on any atom is -0.344 e. The van der Waals surface area contributed by atoms with Crippen LogP contribution in [0.3, 0.4) is 0 Å². The maximum atomic E-state index is 11.9. The molecule has 0 amide bonds. The van der Waals surface area contributed by atoms with Gasteiger partial charge in [0.15, 0.2) is 0 Å². The Balaban J connectivity index is 2.06. The average molecular weight is 282 g/mol. The third kappa shape index (κ3) is 3.30. The molecule has 0 aliphatic rings. The van der Waals surface area contributed by atoms with Crippen molar-refractivity contribution in [1.29, 1.82) is 0 Å². The Bertz CT molecular complexity index is 637. The summed E-state index contributed by atoms with van der Waals surface area (Å²) in [5.74, 6) is 0.608. The topological polar surface area (TPSA) is 88.3 Å². The van der Waals surface area contributed by atoms with Crippen LogP contribution in [0.5, 0.6) is 0 Å². The summed E-state index contributed by atoms with van der Waals surface area (Å²) in [6, 6.07) is 8.10. The maximum absolute atomic E-state index is 11.9. The molecule has 1 N–H and O–H groups in total. The van der Waals surface area contributed by atoms with E-state index in [4.69, 9.17) is 4.52 Å². The van der Waals surface area contributed by atoms with Crippen molar-refractivity contribution in [2.45, 2.75) is 11.4 Å². The molecule has 7 nitrogen and oxygen atoms in total. The number of hydrogen-bond donors (Lipinski definition) is 1. The zero-order chi connectivity index (χ0) is 13.9. The lowest BCUT2D eigenvalue weighted by molar-refractivity contribution is 0.375. The Morgan fingerprint density at radius 1 is 1.26 bits per heavy atom. The molecule has 0 radical (unpaired) electrons. The first-order valence-electron chi connectivity index (χ1n) is 5.53. The lowest BCUT2D eigenvalue weighted by Crippen LogP contribution is -2.23. The third-order valence-corrected chi connectivity index (χ3v) is 3.74. The predicted octanol–water partition coefficient (Wildman–Crippen LogP) is 0.614. The highest BCUT2D eigenvalue weighted by molar-refractivity contribution is 7.89. The molecular formula is C11H14N4O3S. The van der Waals surface area contributed by atoms with Gasteiger partial charge in [-0.3, -0.25) is 0 Å². The summed E-state index contributed by atoms with van der Waals surface area (Å²) in [7, 11) is -0.0276. The van der Waals surface area contributed by atoms with E-state index in [1.807, 2.05) is 0 Å². The zero-order valence-corrected chi connectivity index (χ0v) is 11.4. The van der Waals surface area contributed by atoms with E-state index in [-0.39, 0.29) is 17.3 Å². The van der Waals surface area contributed by atoms with E-state index in [1.165, 1.54) is 12.1 Å². The first-order chi connectivity index (χ1) is 8.99. The molecule has 0 saturated carbocycles. The molecule has 1 aromatic heterocycles. The molecule has 0 spiro atoms. The lowest BCUT2D eigenvalue weighted by atomic mass is 10.4. The van der Waals surface area contributed by atoms with E-state index in [1.54, 1.807) is 37.2 Å². The number of sulfonamides is 1. The number of nitrogens with one attached hydrogen (secondary N) is 1. The Labute approximate surface area is 111 Å². The quantitative estimate of drug-likeness (QED) is 0.864. The molecular weight excluding hydrogens is 268 g/mol. The SMILES string of the molecule is CN(C)c1noc(CNS(=O)(=O)c2ccccc2)n1. The van der Waals surface area contributed by atoms with Crippen molar-refractivity contribution in [1.82, 2.24) is 14.9 Å². The highest BCUT2D eigenvalue weighted by atomic mass is 32.2. The second-order valence-corrected chi connectivity index (χ2v) is 5.79. The summed E-state index contributed by atoms with van der Waals surface area (Å²) < 4.78 is 31.2. The normalized spacial score (nSPS) is 11.5. The molecule has 8 heteroatoms. The van der Waals surface area contributed by atoms with Gasteiger partial charge in [-0.25, -0.2) is 13.1 Å². The molecule has 0 atom stereocenters. The summed E-state index contributed by atoms with van der Waals surface area (Å²) in [5, 5.41) is 3.69. The molecule has 0 unspecified atom stereocenters. The van der Waals surface area contributed by atoms with E-state index in [0.717, 1.165) is 0 Å². The standard InChI is InChI=1S/C11H14N4O3S/c1-15(2)11-13-10(18-14-11)8-12-19(16,17)9-6-4-3-5-7-9/h3-7,12H,8H2,1-2H3. The Morgan fingerprint density at radius 3 is 2.53 bits per heavy atom. The number of nitrogens with zero attached hydrogens (tertiary/aromatic N) is 3. The zero-order valence-electron chi connectivity index (χ0n) is 10.6. The van der Waals surface area contributed by atoms with Crippen molar-refractivity contribution in [2.75, 3.05) is 19.0 Å². The number of rotatable bonds is 5. The van der Waals surface area contributed by atoms with Gasteiger partial charge in [0.2, 0.25) is 15.9 Å². The van der Waals surface area contributed by atoms with Crippen LogP contribution in [0.25, 0.3) is 0 Å². The fraction of sp³-hybridized carbons (Fsp3) is 0.273. The van der Waals surface area contributed by atoms with Gasteiger partial charge in [-0.2, -0.15) is 4.98 Å². The number of anilines is 1. The van der Waals surface area contributed by atoms with Gasteiger partial charge in [-0.1, -0.05) is 18.2 Å². The van der Waals surface area contributed by atoms with Crippen molar-refractivity contribution in [3.63, 3.8) is 0 Å². The van der Waals surface area contributed by atoms with Crippen LogP contribution in [0.4, 0.5) is 5.95 Å². The van der Waals surface area contributed by atoms with Gasteiger partial charge in [0.05, 0.1) is 11.4 Å². The minimum absolute atomic E-state index is 0.0436. The number of aromatic nitrogens is 2. The van der Waals surface area contributed by atoms with Gasteiger partial charge < -0.3 is 9.42 Å². The van der Waals surface area contributed by atoms with E-state index < -0.39 is 10.0 Å². The number of hydrogen-bond acceptors (Lipinski definition) is 6. The van der Waals surface area contributed by atoms with Crippen LogP contribution in [0.15, 0.2) is 39.8 Å². The summed E-state index contributed by atoms with van der Waals surface area (Å²) in [6.07, 6.45) is 0. The fourth-order valence-electron chi connectivity index (χ4n) is 1.34. The molecule has 0 fully saturated rings. The molecule has 1 aromatic carbocycles. The molecule has 0 aliphatic heterocycles. The van der Waals surface area contributed by atoms with Crippen molar-refractivity contribution < 1.29 is 12.9 Å². The molecule has 2 rings (SSSR count). The van der Waals surface area contributed by atoms with Gasteiger partial charge in [-0.05, 0) is 17.3 Å². The van der Waals surface area contributed by atoms with Gasteiger partial charge in [0, 0.05) is 14.1 Å². The van der Waals surface area contributed by atoms with Gasteiger partial charge in [-0.15, -0.1) is 0 Å². The second-order valence-electron chi connectivity index (χ2n) is 4.02. The summed E-state index contributed by atoms with van der Waals surface area (Å²) >= 11 is 0. The Morgan fingerprint density at radius 2 is 1.95 bits per heavy atom. The molecule has 2 aromatic rings. The smallest absolute Gasteiger partial charge is 0.265 e. The van der Waals surface area contributed by atoms with Crippen LogP contribution >= 0.6 is 0 Å². The Hall–Kier alpha value is -1.93. The maximum Gasteiger partial charge on any atom is 0.265 e. The van der Waals surface area contributed by atoms with Crippen LogP contribution in [-0.4, -0.2) is 32.7 Å². The van der Waals surface area contributed by atoms with Crippen molar-refractivity contribution in [3.05, 3.63) is 36.2 Å². The highest BCUT2D eigenvalue weighted by Crippen LogP contribution is 2.09. The van der Waals surface area contributed by atoms with Gasteiger partial charge in [0.1, 0.15) is 0 Å².